The molecular weight excluding hydrogens is 273 g/mol. The molecule has 20 heavy (non-hydrogen) atoms. The van der Waals surface area contributed by atoms with Crippen LogP contribution in [0.1, 0.15) is 5.56 Å². The van der Waals surface area contributed by atoms with E-state index in [2.05, 4.69) is 15.3 Å². The quantitative estimate of drug-likeness (QED) is 0.830. The minimum Gasteiger partial charge on any atom is -0.382 e. The summed E-state index contributed by atoms with van der Waals surface area (Å²) in [6.07, 6.45) is -4.43. The van der Waals surface area contributed by atoms with Crippen LogP contribution in [-0.2, 0) is 13.2 Å². The van der Waals surface area contributed by atoms with Gasteiger partial charge in [-0.25, -0.2) is 4.68 Å². The second-order valence-electron chi connectivity index (χ2n) is 3.99. The summed E-state index contributed by atoms with van der Waals surface area (Å²) in [5.41, 5.74) is 10.6. The Bertz CT molecular complexity index is 659. The van der Waals surface area contributed by atoms with Crippen molar-refractivity contribution >= 4 is 23.0 Å². The maximum atomic E-state index is 12.5. The van der Waals surface area contributed by atoms with Crippen molar-refractivity contribution in [3.05, 3.63) is 29.8 Å². The van der Waals surface area contributed by atoms with Crippen LogP contribution in [0.4, 0.5) is 36.2 Å². The molecule has 106 valence electrons. The summed E-state index contributed by atoms with van der Waals surface area (Å²) in [6.45, 7) is 0. The number of nitrogens with zero attached hydrogens (tertiary/aromatic N) is 4. The Balaban J connectivity index is 2.32. The Morgan fingerprint density at radius 1 is 1.20 bits per heavy atom. The van der Waals surface area contributed by atoms with E-state index in [0.717, 1.165) is 12.1 Å². The Morgan fingerprint density at radius 3 is 2.45 bits per heavy atom. The minimum atomic E-state index is -4.43. The van der Waals surface area contributed by atoms with Crippen LogP contribution >= 0.6 is 0 Å². The maximum absolute atomic E-state index is 12.5. The van der Waals surface area contributed by atoms with Gasteiger partial charge < -0.3 is 11.5 Å². The van der Waals surface area contributed by atoms with Gasteiger partial charge in [0, 0.05) is 7.05 Å². The van der Waals surface area contributed by atoms with Gasteiger partial charge in [0.25, 0.3) is 0 Å². The van der Waals surface area contributed by atoms with Crippen molar-refractivity contribution in [2.24, 2.45) is 17.3 Å². The van der Waals surface area contributed by atoms with Crippen LogP contribution in [0.5, 0.6) is 0 Å². The number of rotatable bonds is 2. The number of hydrogen-bond donors (Lipinski definition) is 2. The van der Waals surface area contributed by atoms with E-state index in [-0.39, 0.29) is 23.0 Å². The number of aryl methyl sites for hydroxylation is 1. The second kappa shape index (κ2) is 4.83. The summed E-state index contributed by atoms with van der Waals surface area (Å²) in [7, 11) is 1.56. The molecule has 1 aromatic carbocycles. The zero-order valence-corrected chi connectivity index (χ0v) is 10.4. The lowest BCUT2D eigenvalue weighted by molar-refractivity contribution is -0.137. The normalized spacial score (nSPS) is 12.2. The molecule has 0 aliphatic rings. The number of alkyl halides is 3. The summed E-state index contributed by atoms with van der Waals surface area (Å²) in [5.74, 6) is 0.235. The molecule has 0 spiro atoms. The van der Waals surface area contributed by atoms with E-state index in [1.807, 2.05) is 0 Å². The van der Waals surface area contributed by atoms with Crippen molar-refractivity contribution in [3.8, 4) is 0 Å². The Hall–Kier alpha value is -2.58. The second-order valence-corrected chi connectivity index (χ2v) is 3.99. The van der Waals surface area contributed by atoms with Crippen molar-refractivity contribution in [2.75, 3.05) is 11.5 Å². The highest BCUT2D eigenvalue weighted by Gasteiger charge is 2.30. The summed E-state index contributed by atoms with van der Waals surface area (Å²) < 4.78 is 38.9. The van der Waals surface area contributed by atoms with Crippen molar-refractivity contribution in [2.45, 2.75) is 6.18 Å². The van der Waals surface area contributed by atoms with Gasteiger partial charge in [0.2, 0.25) is 0 Å². The predicted octanol–water partition coefficient (Wildman–Crippen LogP) is 3.02. The van der Waals surface area contributed by atoms with Gasteiger partial charge in [0.1, 0.15) is 0 Å². The van der Waals surface area contributed by atoms with Crippen LogP contribution in [0.15, 0.2) is 34.5 Å². The first kappa shape index (κ1) is 13.8. The number of nitrogen functional groups attached to an aromatic ring is 2. The van der Waals surface area contributed by atoms with E-state index in [1.54, 1.807) is 7.05 Å². The first-order valence-corrected chi connectivity index (χ1v) is 5.46. The van der Waals surface area contributed by atoms with Crippen LogP contribution in [0.25, 0.3) is 0 Å². The van der Waals surface area contributed by atoms with E-state index < -0.39 is 11.7 Å². The molecule has 2 rings (SSSR count). The molecule has 0 aliphatic carbocycles. The maximum Gasteiger partial charge on any atom is 0.416 e. The summed E-state index contributed by atoms with van der Waals surface area (Å²) >= 11 is 0. The third-order valence-electron chi connectivity index (χ3n) is 2.53. The monoisotopic (exact) mass is 284 g/mol. The third kappa shape index (κ3) is 2.71. The largest absolute Gasteiger partial charge is 0.416 e. The number of nitrogens with two attached hydrogens (primary N) is 2. The molecule has 6 nitrogen and oxygen atoms in total. The number of anilines is 2. The van der Waals surface area contributed by atoms with Crippen molar-refractivity contribution in [1.82, 2.24) is 9.78 Å². The highest BCUT2D eigenvalue weighted by molar-refractivity contribution is 5.71. The summed E-state index contributed by atoms with van der Waals surface area (Å²) in [6, 6.07) is 4.46. The molecule has 0 aliphatic heterocycles. The molecule has 4 N–H and O–H groups in total. The SMILES string of the molecule is Cn1nc(N)c(N=Nc2cccc(C(F)(F)F)c2)c1N. The molecule has 0 radical (unpaired) electrons. The Morgan fingerprint density at radius 2 is 1.90 bits per heavy atom. The van der Waals surface area contributed by atoms with E-state index in [0.29, 0.717) is 0 Å². The smallest absolute Gasteiger partial charge is 0.382 e. The minimum absolute atomic E-state index is 0.0440. The first-order valence-electron chi connectivity index (χ1n) is 5.46. The standard InChI is InChI=1S/C11H11F3N6/c1-20-10(16)8(9(15)19-20)18-17-7-4-2-3-6(5-7)11(12,13)14/h2-5H,16H2,1H3,(H2,15,19). The van der Waals surface area contributed by atoms with Crippen LogP contribution in [-0.4, -0.2) is 9.78 Å². The lowest BCUT2D eigenvalue weighted by atomic mass is 10.2. The zero-order valence-electron chi connectivity index (χ0n) is 10.4. The van der Waals surface area contributed by atoms with Gasteiger partial charge in [-0.15, -0.1) is 5.11 Å². The highest BCUT2D eigenvalue weighted by Crippen LogP contribution is 2.33. The molecule has 0 unspecified atom stereocenters. The van der Waals surface area contributed by atoms with Gasteiger partial charge in [-0.2, -0.15) is 23.4 Å². The number of benzene rings is 1. The molecule has 0 fully saturated rings. The van der Waals surface area contributed by atoms with Gasteiger partial charge in [0.05, 0.1) is 11.3 Å². The number of hydrogen-bond acceptors (Lipinski definition) is 5. The van der Waals surface area contributed by atoms with Crippen LogP contribution in [0.2, 0.25) is 0 Å². The van der Waals surface area contributed by atoms with Crippen molar-refractivity contribution in [3.63, 3.8) is 0 Å². The molecule has 1 aromatic heterocycles. The number of azo groups is 1. The fourth-order valence-corrected chi connectivity index (χ4v) is 1.50. The predicted molar refractivity (Wildman–Crippen MR) is 67.7 cm³/mol. The third-order valence-corrected chi connectivity index (χ3v) is 2.53. The Labute approximate surface area is 111 Å². The average molecular weight is 284 g/mol. The molecule has 0 amide bonds. The van der Waals surface area contributed by atoms with E-state index >= 15 is 0 Å². The van der Waals surface area contributed by atoms with Crippen LogP contribution < -0.4 is 11.5 Å². The molecule has 0 saturated carbocycles. The zero-order chi connectivity index (χ0) is 14.9. The lowest BCUT2D eigenvalue weighted by Gasteiger charge is -2.05. The van der Waals surface area contributed by atoms with Gasteiger partial charge >= 0.3 is 6.18 Å². The lowest BCUT2D eigenvalue weighted by Crippen LogP contribution is -2.03. The Kier molecular flexibility index (Phi) is 3.35. The topological polar surface area (TPSA) is 94.6 Å². The molecule has 1 heterocycles. The van der Waals surface area contributed by atoms with Crippen LogP contribution in [0, 0.1) is 0 Å². The van der Waals surface area contributed by atoms with Gasteiger partial charge in [-0.1, -0.05) is 6.07 Å². The van der Waals surface area contributed by atoms with E-state index in [9.17, 15) is 13.2 Å². The fraction of sp³-hybridized carbons (Fsp3) is 0.182. The summed E-state index contributed by atoms with van der Waals surface area (Å²) in [5, 5.41) is 11.3. The number of halogens is 3. The van der Waals surface area contributed by atoms with Gasteiger partial charge in [-0.05, 0) is 18.2 Å². The molecule has 0 bridgehead atoms. The first-order chi connectivity index (χ1) is 9.29. The molecule has 2 aromatic rings. The fourth-order valence-electron chi connectivity index (χ4n) is 1.50. The average Bonchev–Trinajstić information content (AvgIpc) is 2.61. The molecule has 9 heteroatoms. The number of aromatic nitrogens is 2. The van der Waals surface area contributed by atoms with Gasteiger partial charge in [0.15, 0.2) is 17.3 Å². The molecule has 0 atom stereocenters. The van der Waals surface area contributed by atoms with Crippen molar-refractivity contribution < 1.29 is 13.2 Å². The molecular formula is C11H11F3N6. The molecule has 0 saturated heterocycles. The van der Waals surface area contributed by atoms with E-state index in [1.165, 1.54) is 16.8 Å². The van der Waals surface area contributed by atoms with Crippen LogP contribution in [0.3, 0.4) is 0 Å². The summed E-state index contributed by atoms with van der Waals surface area (Å²) in [4.78, 5) is 0. The van der Waals surface area contributed by atoms with Crippen molar-refractivity contribution in [1.29, 1.82) is 0 Å². The van der Waals surface area contributed by atoms with E-state index in [4.69, 9.17) is 11.5 Å². The highest BCUT2D eigenvalue weighted by atomic mass is 19.4. The van der Waals surface area contributed by atoms with Gasteiger partial charge in [-0.3, -0.25) is 0 Å².